The van der Waals surface area contributed by atoms with Gasteiger partial charge in [-0.1, -0.05) is 12.2 Å². The lowest BCUT2D eigenvalue weighted by Gasteiger charge is -2.14. The Morgan fingerprint density at radius 2 is 1.73 bits per heavy atom. The zero-order chi connectivity index (χ0) is 10.8. The molecule has 0 spiro atoms. The summed E-state index contributed by atoms with van der Waals surface area (Å²) in [6.07, 6.45) is 5.80. The second-order valence-corrected chi connectivity index (χ2v) is 4.06. The Bertz CT molecular complexity index is 285. The normalized spacial score (nSPS) is 29.8. The highest BCUT2D eigenvalue weighted by Crippen LogP contribution is 2.34. The molecule has 4 nitrogen and oxygen atoms in total. The first-order valence-corrected chi connectivity index (χ1v) is 5.36. The summed E-state index contributed by atoms with van der Waals surface area (Å²) in [4.78, 5) is 25.0. The number of aliphatic hydroxyl groups excluding tert-OH is 1. The van der Waals surface area contributed by atoms with Gasteiger partial charge in [0.2, 0.25) is 11.8 Å². The Labute approximate surface area is 88.6 Å². The molecular formula is C11H15NO3. The Kier molecular flexibility index (Phi) is 2.86. The average molecular weight is 209 g/mol. The van der Waals surface area contributed by atoms with Crippen molar-refractivity contribution in [2.24, 2.45) is 11.8 Å². The topological polar surface area (TPSA) is 57.6 Å². The lowest BCUT2D eigenvalue weighted by molar-refractivity contribution is -0.140. The van der Waals surface area contributed by atoms with Crippen molar-refractivity contribution in [3.63, 3.8) is 0 Å². The predicted molar refractivity (Wildman–Crippen MR) is 53.8 cm³/mol. The lowest BCUT2D eigenvalue weighted by Crippen LogP contribution is -2.32. The molecule has 82 valence electrons. The van der Waals surface area contributed by atoms with E-state index in [2.05, 4.69) is 0 Å². The van der Waals surface area contributed by atoms with Gasteiger partial charge in [-0.3, -0.25) is 14.5 Å². The minimum absolute atomic E-state index is 0.0185. The summed E-state index contributed by atoms with van der Waals surface area (Å²) in [5.41, 5.74) is 0. The van der Waals surface area contributed by atoms with Gasteiger partial charge in [0.05, 0.1) is 11.8 Å². The fraction of sp³-hybridized carbons (Fsp3) is 0.636. The molecule has 1 heterocycles. The van der Waals surface area contributed by atoms with Crippen molar-refractivity contribution in [3.05, 3.63) is 12.2 Å². The van der Waals surface area contributed by atoms with E-state index in [1.165, 1.54) is 4.90 Å². The quantitative estimate of drug-likeness (QED) is 0.538. The SMILES string of the molecule is O=C1C2CC=CCC2C(=O)N1CCCO. The van der Waals surface area contributed by atoms with Crippen LogP contribution in [0, 0.1) is 11.8 Å². The maximum Gasteiger partial charge on any atom is 0.233 e. The fourth-order valence-corrected chi connectivity index (χ4v) is 2.32. The minimum atomic E-state index is -0.138. The van der Waals surface area contributed by atoms with Crippen molar-refractivity contribution in [3.8, 4) is 0 Å². The largest absolute Gasteiger partial charge is 0.396 e. The number of carbonyl (C=O) groups is 2. The molecule has 2 rings (SSSR count). The number of hydrogen-bond donors (Lipinski definition) is 1. The van der Waals surface area contributed by atoms with E-state index in [-0.39, 0.29) is 30.3 Å². The van der Waals surface area contributed by atoms with Crippen molar-refractivity contribution in [1.82, 2.24) is 4.90 Å². The highest BCUT2D eigenvalue weighted by molar-refractivity contribution is 6.05. The molecule has 1 fully saturated rings. The van der Waals surface area contributed by atoms with Crippen molar-refractivity contribution >= 4 is 11.8 Å². The third kappa shape index (κ3) is 1.69. The van der Waals surface area contributed by atoms with Crippen LogP contribution < -0.4 is 0 Å². The number of rotatable bonds is 3. The van der Waals surface area contributed by atoms with Gasteiger partial charge in [0.1, 0.15) is 0 Å². The summed E-state index contributed by atoms with van der Waals surface area (Å²) in [7, 11) is 0. The maximum absolute atomic E-state index is 11.8. The van der Waals surface area contributed by atoms with Crippen molar-refractivity contribution < 1.29 is 14.7 Å². The molecule has 1 N–H and O–H groups in total. The van der Waals surface area contributed by atoms with Crippen molar-refractivity contribution in [2.75, 3.05) is 13.2 Å². The number of nitrogens with zero attached hydrogens (tertiary/aromatic N) is 1. The summed E-state index contributed by atoms with van der Waals surface area (Å²) in [6, 6.07) is 0. The molecule has 4 heteroatoms. The molecule has 0 aromatic rings. The van der Waals surface area contributed by atoms with E-state index in [1.54, 1.807) is 0 Å². The Morgan fingerprint density at radius 3 is 2.20 bits per heavy atom. The van der Waals surface area contributed by atoms with Crippen LogP contribution in [0.15, 0.2) is 12.2 Å². The zero-order valence-corrected chi connectivity index (χ0v) is 8.56. The van der Waals surface area contributed by atoms with Crippen LogP contribution in [0.25, 0.3) is 0 Å². The molecular weight excluding hydrogens is 194 g/mol. The molecule has 1 aliphatic heterocycles. The van der Waals surface area contributed by atoms with E-state index in [1.807, 2.05) is 12.2 Å². The number of imide groups is 1. The van der Waals surface area contributed by atoms with Crippen LogP contribution in [0.4, 0.5) is 0 Å². The summed E-state index contributed by atoms with van der Waals surface area (Å²) < 4.78 is 0. The van der Waals surface area contributed by atoms with Gasteiger partial charge in [0.25, 0.3) is 0 Å². The highest BCUT2D eigenvalue weighted by Gasteiger charge is 2.46. The summed E-state index contributed by atoms with van der Waals surface area (Å²) in [5.74, 6) is -0.381. The molecule has 2 unspecified atom stereocenters. The molecule has 0 aromatic heterocycles. The van der Waals surface area contributed by atoms with Crippen LogP contribution in [0.1, 0.15) is 19.3 Å². The van der Waals surface area contributed by atoms with Gasteiger partial charge in [0.15, 0.2) is 0 Å². The van der Waals surface area contributed by atoms with E-state index in [0.29, 0.717) is 25.8 Å². The van der Waals surface area contributed by atoms with Crippen LogP contribution in [0.2, 0.25) is 0 Å². The van der Waals surface area contributed by atoms with E-state index in [0.717, 1.165) is 0 Å². The molecule has 1 saturated heterocycles. The Morgan fingerprint density at radius 1 is 1.20 bits per heavy atom. The molecule has 2 atom stereocenters. The van der Waals surface area contributed by atoms with Gasteiger partial charge in [-0.15, -0.1) is 0 Å². The molecule has 0 saturated carbocycles. The van der Waals surface area contributed by atoms with Gasteiger partial charge in [-0.05, 0) is 19.3 Å². The van der Waals surface area contributed by atoms with Gasteiger partial charge in [0, 0.05) is 13.2 Å². The van der Waals surface area contributed by atoms with Crippen LogP contribution in [-0.2, 0) is 9.59 Å². The summed E-state index contributed by atoms with van der Waals surface area (Å²) in [6.45, 7) is 0.381. The van der Waals surface area contributed by atoms with Gasteiger partial charge in [-0.2, -0.15) is 0 Å². The third-order valence-electron chi connectivity index (χ3n) is 3.14. The first kappa shape index (κ1) is 10.4. The molecule has 15 heavy (non-hydrogen) atoms. The smallest absolute Gasteiger partial charge is 0.233 e. The second kappa shape index (κ2) is 4.14. The minimum Gasteiger partial charge on any atom is -0.396 e. The van der Waals surface area contributed by atoms with Crippen LogP contribution in [0.3, 0.4) is 0 Å². The van der Waals surface area contributed by atoms with Crippen LogP contribution in [-0.4, -0.2) is 35.0 Å². The predicted octanol–water partition coefficient (Wildman–Crippen LogP) is 0.320. The van der Waals surface area contributed by atoms with Crippen molar-refractivity contribution in [2.45, 2.75) is 19.3 Å². The maximum atomic E-state index is 11.8. The highest BCUT2D eigenvalue weighted by atomic mass is 16.3. The molecule has 0 aromatic carbocycles. The molecule has 1 aliphatic carbocycles. The Hall–Kier alpha value is -1.16. The van der Waals surface area contributed by atoms with Crippen molar-refractivity contribution in [1.29, 1.82) is 0 Å². The van der Waals surface area contributed by atoms with Crippen LogP contribution in [0.5, 0.6) is 0 Å². The number of fused-ring (bicyclic) bond motifs is 1. The summed E-state index contributed by atoms with van der Waals surface area (Å²) >= 11 is 0. The number of carbonyl (C=O) groups excluding carboxylic acids is 2. The number of aliphatic hydroxyl groups is 1. The van der Waals surface area contributed by atoms with Gasteiger partial charge >= 0.3 is 0 Å². The average Bonchev–Trinajstić information content (AvgIpc) is 2.51. The third-order valence-corrected chi connectivity index (χ3v) is 3.14. The fourth-order valence-electron chi connectivity index (χ4n) is 2.32. The van der Waals surface area contributed by atoms with E-state index < -0.39 is 0 Å². The lowest BCUT2D eigenvalue weighted by atomic mass is 9.85. The van der Waals surface area contributed by atoms with E-state index in [9.17, 15) is 9.59 Å². The van der Waals surface area contributed by atoms with Gasteiger partial charge in [-0.25, -0.2) is 0 Å². The summed E-state index contributed by atoms with van der Waals surface area (Å²) in [5, 5.41) is 8.70. The second-order valence-electron chi connectivity index (χ2n) is 4.06. The number of hydrogen-bond acceptors (Lipinski definition) is 3. The zero-order valence-electron chi connectivity index (χ0n) is 8.56. The van der Waals surface area contributed by atoms with Gasteiger partial charge < -0.3 is 5.11 Å². The molecule has 2 aliphatic rings. The standard InChI is InChI=1S/C11H15NO3/c13-7-3-6-12-10(14)8-4-1-2-5-9(8)11(12)15/h1-2,8-9,13H,3-7H2. The van der Waals surface area contributed by atoms with Crippen LogP contribution >= 0.6 is 0 Å². The first-order chi connectivity index (χ1) is 7.25. The number of allylic oxidation sites excluding steroid dienone is 2. The molecule has 0 radical (unpaired) electrons. The molecule has 2 amide bonds. The number of amides is 2. The monoisotopic (exact) mass is 209 g/mol. The van der Waals surface area contributed by atoms with E-state index >= 15 is 0 Å². The number of likely N-dealkylation sites (tertiary alicyclic amines) is 1. The first-order valence-electron chi connectivity index (χ1n) is 5.36. The molecule has 0 bridgehead atoms. The van der Waals surface area contributed by atoms with E-state index in [4.69, 9.17) is 5.11 Å². The Balaban J connectivity index is 2.10.